The number of carboxylic acids is 1. The Bertz CT molecular complexity index is 5140. The average Bonchev–Trinajstić information content (AvgIpc) is 1.69. The molecule has 4 atom stereocenters. The highest BCUT2D eigenvalue weighted by Gasteiger charge is 2.36. The van der Waals surface area contributed by atoms with Crippen LogP contribution in [-0.2, 0) is 71.0 Å². The van der Waals surface area contributed by atoms with Gasteiger partial charge in [-0.05, 0) is 120 Å². The first kappa shape index (κ1) is 82.2. The van der Waals surface area contributed by atoms with Gasteiger partial charge in [0, 0.05) is 53.0 Å². The van der Waals surface area contributed by atoms with Gasteiger partial charge < -0.3 is 26.8 Å². The summed E-state index contributed by atoms with van der Waals surface area (Å²) < 4.78 is 61.5. The van der Waals surface area contributed by atoms with Crippen molar-refractivity contribution in [2.45, 2.75) is 102 Å². The lowest BCUT2D eigenvalue weighted by Crippen LogP contribution is -2.47. The first-order valence-corrected chi connectivity index (χ1v) is 37.3. The number of hydrogen-bond acceptors (Lipinski definition) is 17. The summed E-state index contributed by atoms with van der Waals surface area (Å²) in [7, 11) is 6.58. The number of nitrogens with one attached hydrogen (secondary N) is 3. The topological polar surface area (TPSA) is 355 Å². The molecule has 0 fully saturated rings. The molecule has 6 N–H and O–H groups in total. The molecule has 8 aromatic heterocycles. The van der Waals surface area contributed by atoms with Crippen molar-refractivity contribution in [2.24, 2.45) is 5.73 Å². The third kappa shape index (κ3) is 20.6. The van der Waals surface area contributed by atoms with Gasteiger partial charge in [-0.25, -0.2) is 42.3 Å². The van der Waals surface area contributed by atoms with E-state index >= 15 is 0 Å². The van der Waals surface area contributed by atoms with Gasteiger partial charge in [-0.1, -0.05) is 146 Å². The Hall–Kier alpha value is -14.2. The number of benzene rings is 4. The van der Waals surface area contributed by atoms with Crippen LogP contribution in [-0.4, -0.2) is 164 Å². The summed E-state index contributed by atoms with van der Waals surface area (Å²) in [4.78, 5) is 121. The van der Waals surface area contributed by atoms with E-state index in [1.165, 1.54) is 52.0 Å². The molecule has 0 radical (unpaired) electrons. The second kappa shape index (κ2) is 38.1. The van der Waals surface area contributed by atoms with E-state index in [0.29, 0.717) is 88.6 Å². The molecule has 7 amide bonds. The number of pyridine rings is 4. The molecule has 0 spiro atoms. The summed E-state index contributed by atoms with van der Waals surface area (Å²) in [5.41, 5.74) is 11.8. The molecule has 29 nitrogen and oxygen atoms in total. The Balaban J connectivity index is 0.000000138. The van der Waals surface area contributed by atoms with Gasteiger partial charge in [-0.15, -0.1) is 0 Å². The molecule has 0 aliphatic carbocycles. The first-order valence-electron chi connectivity index (χ1n) is 37.3. The number of hydrogen-bond donors (Lipinski definition) is 5. The molecule has 600 valence electrons. The number of aryl methyl sites for hydroxylation is 4. The Morgan fingerprint density at radius 2 is 0.598 bits per heavy atom. The Morgan fingerprint density at radius 1 is 0.359 bits per heavy atom. The van der Waals surface area contributed by atoms with Crippen molar-refractivity contribution in [1.29, 1.82) is 0 Å². The number of carboxylic acid groups (broad SMARTS) is 1. The minimum absolute atomic E-state index is 0.0533. The molecule has 16 rings (SSSR count). The maximum absolute atomic E-state index is 14.3. The third-order valence-corrected chi connectivity index (χ3v) is 19.5. The lowest BCUT2D eigenvalue weighted by Gasteiger charge is -2.20. The number of carbonyl (C=O) groups is 8. The van der Waals surface area contributed by atoms with Crippen molar-refractivity contribution in [1.82, 2.24) is 75.0 Å². The van der Waals surface area contributed by atoms with Crippen LogP contribution in [0, 0.1) is 23.3 Å². The lowest BCUT2D eigenvalue weighted by atomic mass is 10.1. The van der Waals surface area contributed by atoms with Crippen LogP contribution in [0.5, 0.6) is 0 Å². The van der Waals surface area contributed by atoms with Gasteiger partial charge in [0.15, 0.2) is 40.4 Å². The predicted octanol–water partition coefficient (Wildman–Crippen LogP) is 8.61. The number of rotatable bonds is 15. The zero-order valence-corrected chi connectivity index (χ0v) is 64.0. The van der Waals surface area contributed by atoms with Crippen LogP contribution in [0.2, 0.25) is 0 Å². The van der Waals surface area contributed by atoms with Crippen LogP contribution in [0.15, 0.2) is 219 Å². The molecule has 2 unspecified atom stereocenters. The van der Waals surface area contributed by atoms with Crippen LogP contribution in [0.25, 0.3) is 0 Å². The number of aromatic carboxylic acids is 1. The van der Waals surface area contributed by atoms with E-state index in [4.69, 9.17) is 10.8 Å². The summed E-state index contributed by atoms with van der Waals surface area (Å²) >= 11 is 0. The number of halogens is 4. The molecular formula is C84H82F4N20O9. The Morgan fingerprint density at radius 3 is 0.855 bits per heavy atom. The molecule has 4 aromatic carbocycles. The van der Waals surface area contributed by atoms with Gasteiger partial charge >= 0.3 is 5.97 Å². The van der Waals surface area contributed by atoms with E-state index in [9.17, 15) is 55.9 Å². The Kier molecular flexibility index (Phi) is 26.7. The molecule has 0 saturated heterocycles. The van der Waals surface area contributed by atoms with E-state index in [-0.39, 0.29) is 40.7 Å². The van der Waals surface area contributed by atoms with Gasteiger partial charge in [0.1, 0.15) is 41.4 Å². The second-order valence-corrected chi connectivity index (χ2v) is 27.7. The zero-order chi connectivity index (χ0) is 82.8. The fourth-order valence-electron chi connectivity index (χ4n) is 13.5. The minimum Gasteiger partial charge on any atom is -0.476 e. The van der Waals surface area contributed by atoms with Crippen LogP contribution >= 0.6 is 0 Å². The highest BCUT2D eigenvalue weighted by atomic mass is 19.1. The van der Waals surface area contributed by atoms with Gasteiger partial charge in [-0.2, -0.15) is 20.4 Å². The highest BCUT2D eigenvalue weighted by Crippen LogP contribution is 2.28. The monoisotopic (exact) mass is 1590 g/mol. The molecule has 117 heavy (non-hydrogen) atoms. The molecular weight excluding hydrogens is 1510 g/mol. The molecule has 0 bridgehead atoms. The summed E-state index contributed by atoms with van der Waals surface area (Å²) in [6.45, 7) is 1.39. The maximum atomic E-state index is 14.3. The number of nitrogens with two attached hydrogens (primary N) is 1. The number of aromatic nitrogens is 12. The quantitative estimate of drug-likeness (QED) is 0.0599. The second-order valence-electron chi connectivity index (χ2n) is 27.7. The first-order chi connectivity index (χ1) is 56.4. The fraction of sp³-hybridized carbons (Fsp3) is 0.238. The maximum Gasteiger partial charge on any atom is 0.359 e. The number of likely N-dealkylation sites (N-methyl/N-ethyl adjacent to an activating group) is 4. The third-order valence-electron chi connectivity index (χ3n) is 19.5. The molecule has 4 aliphatic heterocycles. The molecule has 12 heterocycles. The van der Waals surface area contributed by atoms with Crippen molar-refractivity contribution in [3.05, 3.63) is 310 Å². The zero-order valence-electron chi connectivity index (χ0n) is 64.0. The lowest BCUT2D eigenvalue weighted by molar-refractivity contribution is -0.120. The number of amides is 7. The van der Waals surface area contributed by atoms with E-state index in [1.54, 1.807) is 57.9 Å². The number of fused-ring (bicyclic) bond motifs is 4. The van der Waals surface area contributed by atoms with Crippen molar-refractivity contribution >= 4 is 70.6 Å². The van der Waals surface area contributed by atoms with E-state index in [0.717, 1.165) is 62.9 Å². The van der Waals surface area contributed by atoms with E-state index in [2.05, 4.69) is 56.3 Å². The minimum atomic E-state index is -1.36. The molecule has 4 aliphatic rings. The summed E-state index contributed by atoms with van der Waals surface area (Å²) in [6.07, 6.45) is 15.6. The standard InChI is InChI=1S/3C21H20FN5O2.C11H9FN2O2.C10H13N3O/c3*1-26-19-15(8-5-11-23-19)9-10-17(21(26)29)24-20(28)18-16(22)13-27(25-18)12-14-6-3-2-4-7-14;12-9-7-14(13-10(9)11(15)16)6-8-4-2-1-3-5-8;1-13-9-7(3-2-6-12-9)4-5-8(11)10(13)14/h3*2-8,11,13,17H,9-10,12H2,1H3,(H,24,28);1-5,7H,6H2,(H,15,16);2-3,6,8H,4-5,11H2,1H3/t2*17-;;;/m10.../s1. The molecule has 0 saturated carbocycles. The van der Waals surface area contributed by atoms with Gasteiger partial charge in [-0.3, -0.25) is 71.9 Å². The van der Waals surface area contributed by atoms with Crippen molar-refractivity contribution in [3.8, 4) is 0 Å². The SMILES string of the molecule is CN1C(=O)C(N)CCc2cccnc21.CN1C(=O)C(NC(=O)c2nn(Cc3ccccc3)cc2F)CCc2cccnc21.CN1C(=O)[C@@H](NC(=O)c2nn(Cc3ccccc3)cc2F)CCc2cccnc21.CN1C(=O)[C@H](NC(=O)c2nn(Cc3ccccc3)cc2F)CCc2cccnc21.O=C(O)c1nn(Cc2ccccc2)cc1F. The summed E-state index contributed by atoms with van der Waals surface area (Å²) in [5.74, 6) is -4.93. The van der Waals surface area contributed by atoms with Crippen LogP contribution < -0.4 is 41.3 Å². The van der Waals surface area contributed by atoms with Crippen LogP contribution in [0.3, 0.4) is 0 Å². The normalized spacial score (nSPS) is 16.1. The molecule has 12 aromatic rings. The van der Waals surface area contributed by atoms with Crippen molar-refractivity contribution < 1.29 is 61.0 Å². The highest BCUT2D eigenvalue weighted by molar-refractivity contribution is 6.04. The summed E-state index contributed by atoms with van der Waals surface area (Å²) in [5, 5.41) is 32.4. The summed E-state index contributed by atoms with van der Waals surface area (Å²) in [6, 6.07) is 49.9. The average molecular weight is 1590 g/mol. The fourth-order valence-corrected chi connectivity index (χ4v) is 13.5. The van der Waals surface area contributed by atoms with E-state index < -0.39 is 76.8 Å². The number of anilines is 4. The Labute approximate surface area is 668 Å². The number of nitrogens with zero attached hydrogens (tertiary/aromatic N) is 16. The van der Waals surface area contributed by atoms with E-state index in [1.807, 2.05) is 170 Å². The number of carbonyl (C=O) groups excluding carboxylic acids is 7. The van der Waals surface area contributed by atoms with Crippen molar-refractivity contribution in [3.63, 3.8) is 0 Å². The van der Waals surface area contributed by atoms with Crippen LogP contribution in [0.4, 0.5) is 40.8 Å². The van der Waals surface area contributed by atoms with Gasteiger partial charge in [0.05, 0.1) is 57.0 Å². The van der Waals surface area contributed by atoms with Gasteiger partial charge in [0.25, 0.3) is 17.7 Å². The van der Waals surface area contributed by atoms with Crippen molar-refractivity contribution in [2.75, 3.05) is 47.8 Å². The van der Waals surface area contributed by atoms with Crippen LogP contribution in [0.1, 0.15) is 112 Å². The molecule has 33 heteroatoms. The van der Waals surface area contributed by atoms with Gasteiger partial charge in [0.2, 0.25) is 29.3 Å². The smallest absolute Gasteiger partial charge is 0.359 e. The largest absolute Gasteiger partial charge is 0.476 e. The predicted molar refractivity (Wildman–Crippen MR) is 423 cm³/mol.